The zero-order valence-electron chi connectivity index (χ0n) is 29.5. The van der Waals surface area contributed by atoms with E-state index in [1.807, 2.05) is 0 Å². The second kappa shape index (κ2) is 11.5. The molecule has 2 unspecified atom stereocenters. The van der Waals surface area contributed by atoms with Gasteiger partial charge in [0.1, 0.15) is 0 Å². The van der Waals surface area contributed by atoms with Gasteiger partial charge < -0.3 is 0 Å². The van der Waals surface area contributed by atoms with E-state index in [4.69, 9.17) is 0 Å². The maximum atomic E-state index is 2.73. The first kappa shape index (κ1) is 32.2. The molecule has 0 aliphatic heterocycles. The van der Waals surface area contributed by atoms with Crippen LogP contribution in [0.15, 0.2) is 96.1 Å². The molecule has 4 aromatic rings. The van der Waals surface area contributed by atoms with Crippen molar-refractivity contribution in [3.05, 3.63) is 129 Å². The van der Waals surface area contributed by atoms with Gasteiger partial charge in [0.15, 0.2) is 0 Å². The molecule has 1 heteroatoms. The summed E-state index contributed by atoms with van der Waals surface area (Å²) < 4.78 is 6.57. The Labute approximate surface area is 278 Å². The molecular weight excluding hydrogens is 620 g/mol. The van der Waals surface area contributed by atoms with Crippen LogP contribution in [0.25, 0.3) is 34.4 Å². The zero-order chi connectivity index (χ0) is 32.5. The van der Waals surface area contributed by atoms with Crippen molar-refractivity contribution in [1.29, 1.82) is 0 Å². The monoisotopic (exact) mass is 670 g/mol. The van der Waals surface area contributed by atoms with Gasteiger partial charge in [-0.15, -0.1) is 0 Å². The normalized spacial score (nSPS) is 18.1. The molecule has 4 aromatic carbocycles. The van der Waals surface area contributed by atoms with E-state index < -0.39 is 20.3 Å². The minimum absolute atomic E-state index is 0.157. The molecule has 0 spiro atoms. The van der Waals surface area contributed by atoms with Gasteiger partial charge in [-0.05, 0) is 0 Å². The van der Waals surface area contributed by atoms with E-state index in [1.165, 1.54) is 44.5 Å². The topological polar surface area (TPSA) is 0 Å². The average Bonchev–Trinajstić information content (AvgIpc) is 3.55. The molecule has 0 fully saturated rings. The van der Waals surface area contributed by atoms with E-state index >= 15 is 0 Å². The van der Waals surface area contributed by atoms with Crippen molar-refractivity contribution in [3.8, 4) is 22.3 Å². The van der Waals surface area contributed by atoms with E-state index in [2.05, 4.69) is 169 Å². The number of fused-ring (bicyclic) bond motifs is 2. The van der Waals surface area contributed by atoms with Gasteiger partial charge in [-0.2, -0.15) is 0 Å². The van der Waals surface area contributed by atoms with Crippen LogP contribution in [-0.4, -0.2) is 0 Å². The van der Waals surface area contributed by atoms with Crippen LogP contribution in [0, 0.1) is 5.92 Å². The van der Waals surface area contributed by atoms with Gasteiger partial charge in [0.25, 0.3) is 0 Å². The SMILES string of the molecule is CC1=Cc2c(-c3ccc(C(C)(C)C)cc3)cccc2[CH]1[Zr]([CH3])([CH3])[CH]1C(C(C)C)=Cc2c(-c3ccc(C(C)(C)C)cc3)cccc21. The summed E-state index contributed by atoms with van der Waals surface area (Å²) in [5, 5.41) is 0. The van der Waals surface area contributed by atoms with Crippen molar-refractivity contribution in [3.63, 3.8) is 0 Å². The third-order valence-electron chi connectivity index (χ3n) is 10.7. The van der Waals surface area contributed by atoms with Crippen molar-refractivity contribution >= 4 is 12.2 Å². The zero-order valence-corrected chi connectivity index (χ0v) is 31.9. The summed E-state index contributed by atoms with van der Waals surface area (Å²) in [7, 11) is 0. The molecule has 0 bridgehead atoms. The second-order valence-electron chi connectivity index (χ2n) is 16.6. The summed E-state index contributed by atoms with van der Waals surface area (Å²) in [5.41, 5.74) is 17.8. The van der Waals surface area contributed by atoms with Crippen LogP contribution in [0.4, 0.5) is 0 Å². The maximum absolute atomic E-state index is 2.99. The molecule has 2 atom stereocenters. The summed E-state index contributed by atoms with van der Waals surface area (Å²) in [6.07, 6.45) is 5.13. The van der Waals surface area contributed by atoms with Crippen molar-refractivity contribution in [1.82, 2.24) is 0 Å². The Morgan fingerprint density at radius 2 is 0.978 bits per heavy atom. The molecule has 0 radical (unpaired) electrons. The number of rotatable bonds is 5. The Morgan fingerprint density at radius 1 is 0.556 bits per heavy atom. The first-order chi connectivity index (χ1) is 21.1. The van der Waals surface area contributed by atoms with Crippen LogP contribution in [-0.2, 0) is 31.1 Å². The van der Waals surface area contributed by atoms with Gasteiger partial charge in [0, 0.05) is 0 Å². The molecule has 2 aliphatic rings. The van der Waals surface area contributed by atoms with Crippen molar-refractivity contribution in [2.75, 3.05) is 0 Å². The van der Waals surface area contributed by atoms with E-state index in [0.29, 0.717) is 13.2 Å². The Bertz CT molecular complexity index is 1800. The molecule has 0 heterocycles. The summed E-state index contributed by atoms with van der Waals surface area (Å²) in [5.74, 6) is 0.521. The van der Waals surface area contributed by atoms with Crippen LogP contribution < -0.4 is 0 Å². The summed E-state index contributed by atoms with van der Waals surface area (Å²) >= 11 is -2.99. The average molecular weight is 672 g/mol. The van der Waals surface area contributed by atoms with E-state index in [9.17, 15) is 0 Å². The molecule has 2 aliphatic carbocycles. The van der Waals surface area contributed by atoms with Gasteiger partial charge in [-0.3, -0.25) is 0 Å². The standard InChI is InChI=1S/C22H25.C20H21.2CH3.Zr/c1-15(2)18-13-17-7-6-8-20(21(17)14-18)16-9-11-19(12-10-16)22(3,4)5;1-14-12-16-6-5-7-18(19(16)13-14)15-8-10-17(11-9-15)20(2,3)4;;;/h6-15H,1-5H3;5-13H,1-4H3;2*1H3;. The third kappa shape index (κ3) is 5.73. The third-order valence-corrected chi connectivity index (χ3v) is 21.4. The predicted octanol–water partition coefficient (Wildman–Crippen LogP) is 13.1. The molecule has 0 nitrogen and oxygen atoms in total. The fourth-order valence-corrected chi connectivity index (χ4v) is 20.5. The fourth-order valence-electron chi connectivity index (χ4n) is 8.27. The molecule has 0 saturated heterocycles. The fraction of sp³-hybridized carbons (Fsp3) is 0.364. The van der Waals surface area contributed by atoms with Crippen LogP contribution >= 0.6 is 0 Å². The van der Waals surface area contributed by atoms with Gasteiger partial charge in [-0.1, -0.05) is 0 Å². The van der Waals surface area contributed by atoms with Gasteiger partial charge in [0.05, 0.1) is 0 Å². The predicted molar refractivity (Wildman–Crippen MR) is 195 cm³/mol. The summed E-state index contributed by atoms with van der Waals surface area (Å²) in [6.45, 7) is 21.0. The van der Waals surface area contributed by atoms with E-state index in [1.54, 1.807) is 22.3 Å². The second-order valence-corrected chi connectivity index (χ2v) is 28.4. The number of benzene rings is 4. The Balaban J connectivity index is 1.42. The molecule has 0 saturated carbocycles. The minimum atomic E-state index is -2.99. The van der Waals surface area contributed by atoms with Gasteiger partial charge >= 0.3 is 280 Å². The van der Waals surface area contributed by atoms with Gasteiger partial charge in [-0.25, -0.2) is 0 Å². The Kier molecular flexibility index (Phi) is 8.22. The quantitative estimate of drug-likeness (QED) is 0.198. The Hall–Kier alpha value is -2.76. The van der Waals surface area contributed by atoms with E-state index in [0.717, 1.165) is 0 Å². The summed E-state index contributed by atoms with van der Waals surface area (Å²) in [4.78, 5) is 0. The molecule has 232 valence electrons. The van der Waals surface area contributed by atoms with Crippen LogP contribution in [0.2, 0.25) is 9.26 Å². The molecule has 0 amide bonds. The van der Waals surface area contributed by atoms with Gasteiger partial charge in [0.2, 0.25) is 0 Å². The molecular formula is C44H52Zr. The number of hydrogen-bond donors (Lipinski definition) is 0. The van der Waals surface area contributed by atoms with Crippen molar-refractivity contribution in [2.24, 2.45) is 5.92 Å². The van der Waals surface area contributed by atoms with Crippen LogP contribution in [0.5, 0.6) is 0 Å². The molecule has 6 rings (SSSR count). The number of hydrogen-bond acceptors (Lipinski definition) is 0. The van der Waals surface area contributed by atoms with Crippen molar-refractivity contribution < 1.29 is 20.3 Å². The first-order valence-corrected chi connectivity index (χ1v) is 24.7. The van der Waals surface area contributed by atoms with Crippen molar-refractivity contribution in [2.45, 2.75) is 89.7 Å². The summed E-state index contributed by atoms with van der Waals surface area (Å²) in [6, 6.07) is 32.9. The molecule has 45 heavy (non-hydrogen) atoms. The van der Waals surface area contributed by atoms with Crippen LogP contribution in [0.3, 0.4) is 0 Å². The Morgan fingerprint density at radius 3 is 1.40 bits per heavy atom. The number of allylic oxidation sites excluding steroid dienone is 2. The molecule has 0 N–H and O–H groups in total. The van der Waals surface area contributed by atoms with E-state index in [-0.39, 0.29) is 10.8 Å². The van der Waals surface area contributed by atoms with Crippen LogP contribution in [0.1, 0.15) is 103 Å². The first-order valence-electron chi connectivity index (χ1n) is 17.0. The molecule has 0 aromatic heterocycles.